The minimum Gasteiger partial charge on any atom is -0.389 e. The fourth-order valence-electron chi connectivity index (χ4n) is 1.33. The lowest BCUT2D eigenvalue weighted by Crippen LogP contribution is -2.34. The Morgan fingerprint density at radius 1 is 1.50 bits per heavy atom. The van der Waals surface area contributed by atoms with Crippen molar-refractivity contribution in [2.75, 3.05) is 13.2 Å². The lowest BCUT2D eigenvalue weighted by molar-refractivity contribution is 0.0240. The first-order chi connectivity index (χ1) is 6.52. The van der Waals surface area contributed by atoms with Crippen molar-refractivity contribution >= 4 is 0 Å². The molecular formula is C11H25NO2. The third-order valence-corrected chi connectivity index (χ3v) is 2.40. The highest BCUT2D eigenvalue weighted by Gasteiger charge is 2.16. The first-order valence-electron chi connectivity index (χ1n) is 5.56. The van der Waals surface area contributed by atoms with E-state index in [1.807, 2.05) is 0 Å². The summed E-state index contributed by atoms with van der Waals surface area (Å²) >= 11 is 0. The van der Waals surface area contributed by atoms with Crippen LogP contribution in [-0.2, 0) is 4.74 Å². The van der Waals surface area contributed by atoms with E-state index in [1.54, 1.807) is 6.92 Å². The van der Waals surface area contributed by atoms with Crippen LogP contribution in [-0.4, -0.2) is 30.0 Å². The number of hydrogen-bond acceptors (Lipinski definition) is 3. The molecule has 0 heterocycles. The third-order valence-electron chi connectivity index (χ3n) is 2.40. The van der Waals surface area contributed by atoms with Crippen LogP contribution in [0, 0.1) is 0 Å². The topological polar surface area (TPSA) is 55.5 Å². The second-order valence-corrected chi connectivity index (χ2v) is 4.27. The zero-order chi connectivity index (χ0) is 11.0. The molecule has 0 bridgehead atoms. The van der Waals surface area contributed by atoms with Gasteiger partial charge in [-0.15, -0.1) is 0 Å². The molecule has 0 amide bonds. The predicted molar refractivity (Wildman–Crippen MR) is 59.2 cm³/mol. The Kier molecular flexibility index (Phi) is 7.15. The molecule has 3 N–H and O–H groups in total. The monoisotopic (exact) mass is 203 g/mol. The second kappa shape index (κ2) is 7.21. The summed E-state index contributed by atoms with van der Waals surface area (Å²) in [6.07, 6.45) is 4.18. The van der Waals surface area contributed by atoms with Crippen molar-refractivity contribution in [2.45, 2.75) is 58.2 Å². The van der Waals surface area contributed by atoms with Crippen LogP contribution in [0.25, 0.3) is 0 Å². The molecule has 14 heavy (non-hydrogen) atoms. The molecule has 0 aliphatic heterocycles. The Morgan fingerprint density at radius 2 is 2.14 bits per heavy atom. The molecule has 3 heteroatoms. The van der Waals surface area contributed by atoms with Gasteiger partial charge in [0.2, 0.25) is 0 Å². The minimum absolute atomic E-state index is 0.317. The van der Waals surface area contributed by atoms with Gasteiger partial charge in [0, 0.05) is 13.2 Å². The summed E-state index contributed by atoms with van der Waals surface area (Å²) in [7, 11) is 0. The first-order valence-corrected chi connectivity index (χ1v) is 5.56. The zero-order valence-corrected chi connectivity index (χ0v) is 9.75. The van der Waals surface area contributed by atoms with Gasteiger partial charge in [0.25, 0.3) is 0 Å². The molecule has 86 valence electrons. The van der Waals surface area contributed by atoms with Gasteiger partial charge in [0.15, 0.2) is 0 Å². The Hall–Kier alpha value is -0.120. The predicted octanol–water partition coefficient (Wildman–Crippen LogP) is 1.68. The van der Waals surface area contributed by atoms with Crippen molar-refractivity contribution in [3.05, 3.63) is 0 Å². The number of rotatable bonds is 8. The summed E-state index contributed by atoms with van der Waals surface area (Å²) in [5.74, 6) is 0. The largest absolute Gasteiger partial charge is 0.389 e. The molecule has 0 aliphatic rings. The van der Waals surface area contributed by atoms with Gasteiger partial charge in [0.05, 0.1) is 11.7 Å². The van der Waals surface area contributed by atoms with Crippen LogP contribution in [0.2, 0.25) is 0 Å². The summed E-state index contributed by atoms with van der Waals surface area (Å²) in [5.41, 5.74) is 4.68. The Morgan fingerprint density at radius 3 is 2.64 bits per heavy atom. The van der Waals surface area contributed by atoms with Crippen molar-refractivity contribution < 1.29 is 9.84 Å². The fourth-order valence-corrected chi connectivity index (χ4v) is 1.33. The molecule has 3 nitrogen and oxygen atoms in total. The van der Waals surface area contributed by atoms with Gasteiger partial charge in [-0.3, -0.25) is 0 Å². The van der Waals surface area contributed by atoms with E-state index < -0.39 is 5.60 Å². The minimum atomic E-state index is -0.725. The van der Waals surface area contributed by atoms with Crippen LogP contribution in [0.1, 0.15) is 46.5 Å². The summed E-state index contributed by atoms with van der Waals surface area (Å²) in [6, 6.07) is 0. The van der Waals surface area contributed by atoms with E-state index in [1.165, 1.54) is 0 Å². The third kappa shape index (κ3) is 7.30. The van der Waals surface area contributed by atoms with Gasteiger partial charge in [0.1, 0.15) is 0 Å². The summed E-state index contributed by atoms with van der Waals surface area (Å²) in [6.45, 7) is 7.04. The number of ether oxygens (including phenoxy) is 1. The van der Waals surface area contributed by atoms with Crippen molar-refractivity contribution in [2.24, 2.45) is 5.73 Å². The normalized spacial score (nSPS) is 17.8. The molecule has 0 spiro atoms. The van der Waals surface area contributed by atoms with E-state index >= 15 is 0 Å². The molecule has 0 aromatic carbocycles. The van der Waals surface area contributed by atoms with E-state index in [9.17, 15) is 5.11 Å². The van der Waals surface area contributed by atoms with Crippen LogP contribution >= 0.6 is 0 Å². The maximum Gasteiger partial charge on any atom is 0.0742 e. The molecule has 0 rings (SSSR count). The summed E-state index contributed by atoms with van der Waals surface area (Å²) in [4.78, 5) is 0. The highest BCUT2D eigenvalue weighted by Crippen LogP contribution is 2.10. The van der Waals surface area contributed by atoms with Gasteiger partial charge < -0.3 is 15.6 Å². The molecule has 0 radical (unpaired) electrons. The zero-order valence-electron chi connectivity index (χ0n) is 9.75. The van der Waals surface area contributed by atoms with Crippen LogP contribution in [0.3, 0.4) is 0 Å². The second-order valence-electron chi connectivity index (χ2n) is 4.27. The van der Waals surface area contributed by atoms with E-state index in [2.05, 4.69) is 13.8 Å². The molecule has 0 saturated carbocycles. The van der Waals surface area contributed by atoms with E-state index in [-0.39, 0.29) is 0 Å². The van der Waals surface area contributed by atoms with Gasteiger partial charge in [-0.25, -0.2) is 0 Å². The lowest BCUT2D eigenvalue weighted by atomic mass is 10.0. The van der Waals surface area contributed by atoms with Crippen LogP contribution in [0.15, 0.2) is 0 Å². The average molecular weight is 203 g/mol. The van der Waals surface area contributed by atoms with Crippen molar-refractivity contribution in [1.82, 2.24) is 0 Å². The first kappa shape index (κ1) is 13.9. The highest BCUT2D eigenvalue weighted by atomic mass is 16.5. The maximum atomic E-state index is 9.61. The quantitative estimate of drug-likeness (QED) is 0.590. The Balaban J connectivity index is 3.37. The Labute approximate surface area is 87.6 Å². The van der Waals surface area contributed by atoms with Crippen molar-refractivity contribution in [1.29, 1.82) is 0 Å². The molecule has 0 fully saturated rings. The van der Waals surface area contributed by atoms with Crippen LogP contribution < -0.4 is 5.73 Å². The molecule has 2 unspecified atom stereocenters. The van der Waals surface area contributed by atoms with Crippen molar-refractivity contribution in [3.63, 3.8) is 0 Å². The van der Waals surface area contributed by atoms with Gasteiger partial charge in [-0.1, -0.05) is 13.3 Å². The maximum absolute atomic E-state index is 9.61. The van der Waals surface area contributed by atoms with Crippen LogP contribution in [0.5, 0.6) is 0 Å². The molecule has 0 aliphatic carbocycles. The molecule has 0 saturated heterocycles. The molecule has 2 atom stereocenters. The highest BCUT2D eigenvalue weighted by molar-refractivity contribution is 4.72. The molecule has 0 aromatic heterocycles. The molecular weight excluding hydrogens is 178 g/mol. The van der Waals surface area contributed by atoms with Crippen LogP contribution in [0.4, 0.5) is 0 Å². The van der Waals surface area contributed by atoms with Crippen molar-refractivity contribution in [3.8, 4) is 0 Å². The SMILES string of the molecule is CCCC(C)OCCCC(C)(O)CN. The fraction of sp³-hybridized carbons (Fsp3) is 1.00. The van der Waals surface area contributed by atoms with E-state index in [4.69, 9.17) is 10.5 Å². The number of hydrogen-bond donors (Lipinski definition) is 2. The van der Waals surface area contributed by atoms with E-state index in [0.717, 1.165) is 25.9 Å². The standard InChI is InChI=1S/C11H25NO2/c1-4-6-10(2)14-8-5-7-11(3,13)9-12/h10,13H,4-9,12H2,1-3H3. The van der Waals surface area contributed by atoms with E-state index in [0.29, 0.717) is 19.1 Å². The Bertz CT molecular complexity index is 137. The average Bonchev–Trinajstić information content (AvgIpc) is 2.13. The summed E-state index contributed by atoms with van der Waals surface area (Å²) in [5, 5.41) is 9.61. The number of aliphatic hydroxyl groups is 1. The number of nitrogens with two attached hydrogens (primary N) is 1. The smallest absolute Gasteiger partial charge is 0.0742 e. The van der Waals surface area contributed by atoms with Gasteiger partial charge in [-0.05, 0) is 33.1 Å². The molecule has 0 aromatic rings. The van der Waals surface area contributed by atoms with Gasteiger partial charge >= 0.3 is 0 Å². The summed E-state index contributed by atoms with van der Waals surface area (Å²) < 4.78 is 5.57. The lowest BCUT2D eigenvalue weighted by Gasteiger charge is -2.21. The van der Waals surface area contributed by atoms with Gasteiger partial charge in [-0.2, -0.15) is 0 Å².